The molecule has 0 radical (unpaired) electrons. The van der Waals surface area contributed by atoms with E-state index in [0.29, 0.717) is 55.0 Å². The normalized spacial score (nSPS) is 10.9. The summed E-state index contributed by atoms with van der Waals surface area (Å²) in [5, 5.41) is 9.22. The minimum Gasteiger partial charge on any atom is -0.493 e. The number of aliphatic imine (C=N–C) groups is 1. The first-order valence-electron chi connectivity index (χ1n) is 9.62. The molecule has 2 aromatic rings. The number of nitrogens with zero attached hydrogens (tertiary/aromatic N) is 2. The van der Waals surface area contributed by atoms with Crippen molar-refractivity contribution in [1.29, 1.82) is 0 Å². The van der Waals surface area contributed by atoms with E-state index in [-0.39, 0.29) is 5.91 Å². The van der Waals surface area contributed by atoms with Gasteiger partial charge in [-0.25, -0.2) is 4.99 Å². The number of carbonyl (C=O) groups is 1. The molecule has 0 unspecified atom stereocenters. The third kappa shape index (κ3) is 6.54. The molecule has 2 rings (SSSR count). The van der Waals surface area contributed by atoms with Crippen molar-refractivity contribution < 1.29 is 19.0 Å². The molecular formula is C21H29N5O4. The van der Waals surface area contributed by atoms with Crippen molar-refractivity contribution in [1.82, 2.24) is 20.9 Å². The van der Waals surface area contributed by atoms with Crippen LogP contribution in [-0.4, -0.2) is 57.8 Å². The summed E-state index contributed by atoms with van der Waals surface area (Å²) < 4.78 is 16.1. The molecule has 0 fully saturated rings. The van der Waals surface area contributed by atoms with Crippen molar-refractivity contribution in [3.05, 3.63) is 47.8 Å². The summed E-state index contributed by atoms with van der Waals surface area (Å²) in [5.74, 6) is 2.18. The molecule has 9 nitrogen and oxygen atoms in total. The molecule has 162 valence electrons. The fourth-order valence-electron chi connectivity index (χ4n) is 2.69. The summed E-state index contributed by atoms with van der Waals surface area (Å²) >= 11 is 0. The Labute approximate surface area is 176 Å². The summed E-state index contributed by atoms with van der Waals surface area (Å²) in [6, 6.07) is 7.18. The minimum atomic E-state index is -0.163. The topological polar surface area (TPSA) is 106 Å². The number of amides is 1. The Balaban J connectivity index is 1.95. The first-order chi connectivity index (χ1) is 14.6. The van der Waals surface area contributed by atoms with Crippen LogP contribution in [0.1, 0.15) is 22.8 Å². The Hall–Kier alpha value is -3.49. The van der Waals surface area contributed by atoms with Crippen molar-refractivity contribution >= 4 is 11.9 Å². The van der Waals surface area contributed by atoms with Gasteiger partial charge in [-0.05, 0) is 36.8 Å². The molecular weight excluding hydrogens is 386 g/mol. The Morgan fingerprint density at radius 3 is 2.30 bits per heavy atom. The van der Waals surface area contributed by atoms with E-state index in [0.717, 1.165) is 5.56 Å². The second-order valence-corrected chi connectivity index (χ2v) is 6.15. The van der Waals surface area contributed by atoms with Gasteiger partial charge in [0, 0.05) is 32.0 Å². The quantitative estimate of drug-likeness (QED) is 0.307. The lowest BCUT2D eigenvalue weighted by Crippen LogP contribution is -2.41. The second-order valence-electron chi connectivity index (χ2n) is 6.15. The van der Waals surface area contributed by atoms with Crippen molar-refractivity contribution in [3.63, 3.8) is 0 Å². The number of hydrogen-bond donors (Lipinski definition) is 3. The van der Waals surface area contributed by atoms with Gasteiger partial charge in [0.15, 0.2) is 17.5 Å². The lowest BCUT2D eigenvalue weighted by molar-refractivity contribution is 0.0954. The van der Waals surface area contributed by atoms with Crippen LogP contribution in [0.25, 0.3) is 0 Å². The zero-order valence-electron chi connectivity index (χ0n) is 17.8. The van der Waals surface area contributed by atoms with Crippen molar-refractivity contribution in [2.75, 3.05) is 41.0 Å². The van der Waals surface area contributed by atoms with Crippen LogP contribution in [0.15, 0.2) is 41.7 Å². The van der Waals surface area contributed by atoms with Gasteiger partial charge >= 0.3 is 0 Å². The molecule has 3 N–H and O–H groups in total. The lowest BCUT2D eigenvalue weighted by atomic mass is 10.2. The zero-order valence-corrected chi connectivity index (χ0v) is 17.8. The summed E-state index contributed by atoms with van der Waals surface area (Å²) in [6.45, 7) is 4.08. The molecule has 1 amide bonds. The van der Waals surface area contributed by atoms with Crippen LogP contribution in [0.3, 0.4) is 0 Å². The lowest BCUT2D eigenvalue weighted by Gasteiger charge is -2.14. The van der Waals surface area contributed by atoms with E-state index < -0.39 is 0 Å². The molecule has 1 heterocycles. The summed E-state index contributed by atoms with van der Waals surface area (Å²) in [7, 11) is 4.73. The van der Waals surface area contributed by atoms with Crippen LogP contribution >= 0.6 is 0 Å². The molecule has 9 heteroatoms. The maximum atomic E-state index is 12.0. The van der Waals surface area contributed by atoms with Gasteiger partial charge in [0.1, 0.15) is 0 Å². The van der Waals surface area contributed by atoms with Crippen LogP contribution in [0.4, 0.5) is 0 Å². The van der Waals surface area contributed by atoms with Gasteiger partial charge < -0.3 is 30.2 Å². The summed E-state index contributed by atoms with van der Waals surface area (Å²) in [5.41, 5.74) is 1.44. The number of aromatic nitrogens is 1. The summed E-state index contributed by atoms with van der Waals surface area (Å²) in [4.78, 5) is 20.6. The summed E-state index contributed by atoms with van der Waals surface area (Å²) in [6.07, 6.45) is 3.16. The highest BCUT2D eigenvalue weighted by atomic mass is 16.5. The van der Waals surface area contributed by atoms with E-state index in [1.54, 1.807) is 39.7 Å². The number of guanidine groups is 1. The van der Waals surface area contributed by atoms with Crippen LogP contribution in [0.5, 0.6) is 17.2 Å². The highest BCUT2D eigenvalue weighted by molar-refractivity contribution is 5.93. The average Bonchev–Trinajstić information content (AvgIpc) is 2.79. The standard InChI is InChI=1S/C21H29N5O4/c1-5-23-21(25-10-9-24-20(27)16-7-6-8-22-14-16)26-13-15-11-17(28-2)19(30-4)18(12-15)29-3/h6-8,11-12,14H,5,9-10,13H2,1-4H3,(H,24,27)(H2,23,25,26). The molecule has 0 aliphatic rings. The van der Waals surface area contributed by atoms with Crippen LogP contribution < -0.4 is 30.2 Å². The fraction of sp³-hybridized carbons (Fsp3) is 0.381. The largest absolute Gasteiger partial charge is 0.493 e. The van der Waals surface area contributed by atoms with E-state index in [9.17, 15) is 4.79 Å². The molecule has 1 aromatic carbocycles. The average molecular weight is 415 g/mol. The monoisotopic (exact) mass is 415 g/mol. The third-order valence-corrected chi connectivity index (χ3v) is 4.12. The molecule has 0 spiro atoms. The number of benzene rings is 1. The number of ether oxygens (including phenoxy) is 3. The minimum absolute atomic E-state index is 0.163. The Morgan fingerprint density at radius 1 is 1.03 bits per heavy atom. The maximum Gasteiger partial charge on any atom is 0.252 e. The van der Waals surface area contributed by atoms with Crippen molar-refractivity contribution in [2.24, 2.45) is 4.99 Å². The SMILES string of the molecule is CCNC(=NCc1cc(OC)c(OC)c(OC)c1)NCCNC(=O)c1cccnc1. The Morgan fingerprint density at radius 2 is 1.73 bits per heavy atom. The Kier molecular flexibility index (Phi) is 9.23. The van der Waals surface area contributed by atoms with E-state index in [4.69, 9.17) is 14.2 Å². The maximum absolute atomic E-state index is 12.0. The number of methoxy groups -OCH3 is 3. The molecule has 0 aliphatic heterocycles. The van der Waals surface area contributed by atoms with Crippen LogP contribution in [0, 0.1) is 0 Å². The van der Waals surface area contributed by atoms with Crippen molar-refractivity contribution in [3.8, 4) is 17.2 Å². The number of carbonyl (C=O) groups excluding carboxylic acids is 1. The van der Waals surface area contributed by atoms with Gasteiger partial charge in [0.25, 0.3) is 5.91 Å². The van der Waals surface area contributed by atoms with Gasteiger partial charge in [-0.15, -0.1) is 0 Å². The van der Waals surface area contributed by atoms with E-state index in [1.165, 1.54) is 6.20 Å². The zero-order chi connectivity index (χ0) is 21.8. The highest BCUT2D eigenvalue weighted by Crippen LogP contribution is 2.38. The highest BCUT2D eigenvalue weighted by Gasteiger charge is 2.13. The molecule has 30 heavy (non-hydrogen) atoms. The van der Waals surface area contributed by atoms with Gasteiger partial charge in [-0.2, -0.15) is 0 Å². The van der Waals surface area contributed by atoms with Crippen LogP contribution in [0.2, 0.25) is 0 Å². The number of hydrogen-bond acceptors (Lipinski definition) is 6. The van der Waals surface area contributed by atoms with E-state index in [2.05, 4.69) is 25.9 Å². The van der Waals surface area contributed by atoms with Gasteiger partial charge in [-0.1, -0.05) is 0 Å². The Bertz CT molecular complexity index is 818. The molecule has 1 aromatic heterocycles. The van der Waals surface area contributed by atoms with E-state index >= 15 is 0 Å². The molecule has 0 saturated carbocycles. The van der Waals surface area contributed by atoms with Crippen molar-refractivity contribution in [2.45, 2.75) is 13.5 Å². The van der Waals surface area contributed by atoms with Gasteiger partial charge in [0.05, 0.1) is 33.4 Å². The predicted molar refractivity (Wildman–Crippen MR) is 115 cm³/mol. The molecule has 0 bridgehead atoms. The van der Waals surface area contributed by atoms with E-state index in [1.807, 2.05) is 19.1 Å². The second kappa shape index (κ2) is 12.2. The molecule has 0 saturated heterocycles. The fourth-order valence-corrected chi connectivity index (χ4v) is 2.69. The number of nitrogens with one attached hydrogen (secondary N) is 3. The number of rotatable bonds is 10. The molecule has 0 aliphatic carbocycles. The van der Waals surface area contributed by atoms with Gasteiger partial charge in [-0.3, -0.25) is 9.78 Å². The smallest absolute Gasteiger partial charge is 0.252 e. The third-order valence-electron chi connectivity index (χ3n) is 4.12. The van der Waals surface area contributed by atoms with Gasteiger partial charge in [0.2, 0.25) is 5.75 Å². The van der Waals surface area contributed by atoms with Crippen LogP contribution in [-0.2, 0) is 6.54 Å². The molecule has 0 atom stereocenters. The number of pyridine rings is 1. The first kappa shape index (κ1) is 22.8. The first-order valence-corrected chi connectivity index (χ1v) is 9.62. The predicted octanol–water partition coefficient (Wildman–Crippen LogP) is 1.59.